The van der Waals surface area contributed by atoms with Gasteiger partial charge in [-0.15, -0.1) is 0 Å². The second-order valence-electron chi connectivity index (χ2n) is 3.96. The summed E-state index contributed by atoms with van der Waals surface area (Å²) >= 11 is 0. The molecule has 0 atom stereocenters. The van der Waals surface area contributed by atoms with Gasteiger partial charge in [-0.25, -0.2) is 0 Å². The Morgan fingerprint density at radius 3 is 2.50 bits per heavy atom. The van der Waals surface area contributed by atoms with Crippen LogP contribution < -0.4 is 9.47 Å². The van der Waals surface area contributed by atoms with Gasteiger partial charge < -0.3 is 14.6 Å². The highest BCUT2D eigenvalue weighted by molar-refractivity contribution is 5.81. The minimum Gasteiger partial charge on any atom is -0.507 e. The molecule has 0 amide bonds. The zero-order valence-electron chi connectivity index (χ0n) is 9.42. The van der Waals surface area contributed by atoms with E-state index in [0.717, 1.165) is 11.1 Å². The van der Waals surface area contributed by atoms with Crippen LogP contribution in [0, 0.1) is 0 Å². The fourth-order valence-electron chi connectivity index (χ4n) is 1.90. The number of phenols is 1. The van der Waals surface area contributed by atoms with E-state index in [4.69, 9.17) is 9.47 Å². The molecule has 0 spiro atoms. The maximum Gasteiger partial charge on any atom is 0.231 e. The van der Waals surface area contributed by atoms with E-state index in [1.807, 2.05) is 18.2 Å². The summed E-state index contributed by atoms with van der Waals surface area (Å²) in [6, 6.07) is 10.5. The molecule has 90 valence electrons. The van der Waals surface area contributed by atoms with Crippen molar-refractivity contribution in [2.24, 2.45) is 0 Å². The average Bonchev–Trinajstić information content (AvgIpc) is 2.85. The zero-order valence-corrected chi connectivity index (χ0v) is 9.42. The molecule has 0 fully saturated rings. The Labute approximate surface area is 103 Å². The molecule has 3 rings (SSSR count). The normalized spacial score (nSPS) is 12.4. The van der Waals surface area contributed by atoms with Crippen molar-refractivity contribution in [2.45, 2.75) is 0 Å². The summed E-state index contributed by atoms with van der Waals surface area (Å²) in [4.78, 5) is 10.6. The molecule has 0 bridgehead atoms. The van der Waals surface area contributed by atoms with Gasteiger partial charge in [-0.05, 0) is 35.4 Å². The molecule has 4 nitrogen and oxygen atoms in total. The second-order valence-corrected chi connectivity index (χ2v) is 3.96. The van der Waals surface area contributed by atoms with Gasteiger partial charge in [0.15, 0.2) is 17.8 Å². The predicted molar refractivity (Wildman–Crippen MR) is 65.1 cm³/mol. The number of aromatic hydroxyl groups is 1. The molecule has 0 unspecified atom stereocenters. The molecule has 2 aromatic carbocycles. The number of hydrogen-bond donors (Lipinski definition) is 1. The topological polar surface area (TPSA) is 55.8 Å². The van der Waals surface area contributed by atoms with Gasteiger partial charge in [-0.2, -0.15) is 0 Å². The van der Waals surface area contributed by atoms with Crippen molar-refractivity contribution in [2.75, 3.05) is 6.79 Å². The second kappa shape index (κ2) is 4.07. The molecule has 0 radical (unpaired) electrons. The standard InChI is InChI=1S/C14H10O4/c15-7-11-2-1-9(5-12(11)16)10-3-4-13-14(6-10)18-8-17-13/h1-7,16H,8H2. The summed E-state index contributed by atoms with van der Waals surface area (Å²) in [6.07, 6.45) is 0.624. The number of hydrogen-bond acceptors (Lipinski definition) is 4. The Hall–Kier alpha value is -2.49. The molecule has 2 aromatic rings. The minimum atomic E-state index is -0.0276. The minimum absolute atomic E-state index is 0.0276. The number of carbonyl (C=O) groups excluding carboxylic acids is 1. The van der Waals surface area contributed by atoms with Gasteiger partial charge in [-0.1, -0.05) is 12.1 Å². The Morgan fingerprint density at radius 2 is 1.72 bits per heavy atom. The predicted octanol–water partition coefficient (Wildman–Crippen LogP) is 2.60. The highest BCUT2D eigenvalue weighted by Gasteiger charge is 2.14. The van der Waals surface area contributed by atoms with Gasteiger partial charge >= 0.3 is 0 Å². The summed E-state index contributed by atoms with van der Waals surface area (Å²) in [5, 5.41) is 9.66. The number of rotatable bonds is 2. The Bertz CT molecular complexity index is 619. The van der Waals surface area contributed by atoms with Crippen molar-refractivity contribution in [3.63, 3.8) is 0 Å². The quantitative estimate of drug-likeness (QED) is 0.822. The van der Waals surface area contributed by atoms with Crippen LogP contribution in [0.1, 0.15) is 10.4 Å². The van der Waals surface area contributed by atoms with Crippen LogP contribution in [0.4, 0.5) is 0 Å². The zero-order chi connectivity index (χ0) is 12.5. The summed E-state index contributed by atoms with van der Waals surface area (Å²) in [5.74, 6) is 1.37. The van der Waals surface area contributed by atoms with E-state index < -0.39 is 0 Å². The Morgan fingerprint density at radius 1 is 1.00 bits per heavy atom. The molecule has 0 aliphatic carbocycles. The molecule has 0 saturated heterocycles. The lowest BCUT2D eigenvalue weighted by Gasteiger charge is -2.05. The first-order valence-corrected chi connectivity index (χ1v) is 5.46. The fourth-order valence-corrected chi connectivity index (χ4v) is 1.90. The number of ether oxygens (including phenoxy) is 2. The van der Waals surface area contributed by atoms with Crippen molar-refractivity contribution < 1.29 is 19.4 Å². The van der Waals surface area contributed by atoms with Crippen molar-refractivity contribution in [3.05, 3.63) is 42.0 Å². The van der Waals surface area contributed by atoms with E-state index in [-0.39, 0.29) is 18.1 Å². The molecule has 4 heteroatoms. The van der Waals surface area contributed by atoms with Crippen molar-refractivity contribution in [3.8, 4) is 28.4 Å². The number of phenolic OH excluding ortho intramolecular Hbond substituents is 1. The van der Waals surface area contributed by atoms with E-state index in [0.29, 0.717) is 17.8 Å². The average molecular weight is 242 g/mol. The third kappa shape index (κ3) is 1.68. The van der Waals surface area contributed by atoms with Gasteiger partial charge in [0.1, 0.15) is 5.75 Å². The third-order valence-corrected chi connectivity index (χ3v) is 2.86. The van der Waals surface area contributed by atoms with Crippen LogP contribution >= 0.6 is 0 Å². The lowest BCUT2D eigenvalue weighted by Crippen LogP contribution is -1.92. The lowest BCUT2D eigenvalue weighted by molar-refractivity contribution is 0.112. The van der Waals surface area contributed by atoms with Crippen LogP contribution in [-0.2, 0) is 0 Å². The van der Waals surface area contributed by atoms with Gasteiger partial charge in [-0.3, -0.25) is 4.79 Å². The third-order valence-electron chi connectivity index (χ3n) is 2.86. The number of benzene rings is 2. The number of carbonyl (C=O) groups is 1. The number of fused-ring (bicyclic) bond motifs is 1. The van der Waals surface area contributed by atoms with Crippen molar-refractivity contribution in [1.82, 2.24) is 0 Å². The Balaban J connectivity index is 2.04. The van der Waals surface area contributed by atoms with E-state index in [1.165, 1.54) is 0 Å². The van der Waals surface area contributed by atoms with Gasteiger partial charge in [0.25, 0.3) is 0 Å². The molecule has 0 aromatic heterocycles. The first-order chi connectivity index (χ1) is 8.78. The summed E-state index contributed by atoms with van der Waals surface area (Å²) in [6.45, 7) is 0.230. The van der Waals surface area contributed by atoms with Crippen LogP contribution in [0.5, 0.6) is 17.2 Å². The first-order valence-electron chi connectivity index (χ1n) is 5.46. The molecule has 1 heterocycles. The molecule has 1 aliphatic rings. The van der Waals surface area contributed by atoms with Gasteiger partial charge in [0.2, 0.25) is 6.79 Å². The lowest BCUT2D eigenvalue weighted by atomic mass is 10.0. The van der Waals surface area contributed by atoms with E-state index in [9.17, 15) is 9.90 Å². The molecule has 18 heavy (non-hydrogen) atoms. The number of aldehydes is 1. The largest absolute Gasteiger partial charge is 0.507 e. The molecular formula is C14H10O4. The molecule has 1 aliphatic heterocycles. The molecular weight excluding hydrogens is 232 g/mol. The molecule has 0 saturated carbocycles. The smallest absolute Gasteiger partial charge is 0.231 e. The fraction of sp³-hybridized carbons (Fsp3) is 0.0714. The molecule has 1 N–H and O–H groups in total. The van der Waals surface area contributed by atoms with Crippen LogP contribution in [0.3, 0.4) is 0 Å². The van der Waals surface area contributed by atoms with Crippen LogP contribution in [0.2, 0.25) is 0 Å². The first kappa shape index (κ1) is 10.7. The maximum absolute atomic E-state index is 10.6. The summed E-state index contributed by atoms with van der Waals surface area (Å²) in [7, 11) is 0. The van der Waals surface area contributed by atoms with Crippen LogP contribution in [-0.4, -0.2) is 18.2 Å². The summed E-state index contributed by atoms with van der Waals surface area (Å²) < 4.78 is 10.5. The highest BCUT2D eigenvalue weighted by Crippen LogP contribution is 2.36. The summed E-state index contributed by atoms with van der Waals surface area (Å²) in [5.41, 5.74) is 1.99. The maximum atomic E-state index is 10.6. The van der Waals surface area contributed by atoms with Crippen molar-refractivity contribution in [1.29, 1.82) is 0 Å². The SMILES string of the molecule is O=Cc1ccc(-c2ccc3c(c2)OCO3)cc1O. The van der Waals surface area contributed by atoms with Crippen LogP contribution in [0.25, 0.3) is 11.1 Å². The van der Waals surface area contributed by atoms with E-state index in [2.05, 4.69) is 0 Å². The van der Waals surface area contributed by atoms with Crippen LogP contribution in [0.15, 0.2) is 36.4 Å². The van der Waals surface area contributed by atoms with Crippen molar-refractivity contribution >= 4 is 6.29 Å². The van der Waals surface area contributed by atoms with Gasteiger partial charge in [0.05, 0.1) is 5.56 Å². The van der Waals surface area contributed by atoms with E-state index >= 15 is 0 Å². The van der Waals surface area contributed by atoms with E-state index in [1.54, 1.807) is 18.2 Å². The van der Waals surface area contributed by atoms with Gasteiger partial charge in [0, 0.05) is 0 Å². The Kier molecular flexibility index (Phi) is 2.41. The monoisotopic (exact) mass is 242 g/mol. The highest BCUT2D eigenvalue weighted by atomic mass is 16.7.